The van der Waals surface area contributed by atoms with Crippen LogP contribution < -0.4 is 31.4 Å². The van der Waals surface area contributed by atoms with Crippen molar-refractivity contribution < 1.29 is 0 Å². The van der Waals surface area contributed by atoms with Gasteiger partial charge in [-0.15, -0.1) is 0 Å². The number of para-hydroxylation sites is 1. The lowest BCUT2D eigenvalue weighted by Crippen LogP contribution is -2.62. The summed E-state index contributed by atoms with van der Waals surface area (Å²) in [6.07, 6.45) is 0. The van der Waals surface area contributed by atoms with Crippen molar-refractivity contribution in [3.8, 4) is 27.9 Å². The van der Waals surface area contributed by atoms with Crippen molar-refractivity contribution in [2.75, 3.05) is 9.80 Å². The van der Waals surface area contributed by atoms with Gasteiger partial charge in [-0.1, -0.05) is 208 Å². The van der Waals surface area contributed by atoms with Crippen molar-refractivity contribution in [3.05, 3.63) is 198 Å². The summed E-state index contributed by atoms with van der Waals surface area (Å²) in [4.78, 5) is 5.28. The molecular weight excluding hydrogens is 874 g/mol. The van der Waals surface area contributed by atoms with Gasteiger partial charge in [-0.2, -0.15) is 0 Å². The first kappa shape index (κ1) is 46.6. The third-order valence-corrected chi connectivity index (χ3v) is 17.3. The SMILES string of the molecule is Cc1cc2c3c(c1)N(c1ccc(C(C)(C)C)cc1-c1ccccc1)c1c(c4ccc(C(C)(C)C)cc4n1-c1ccccc1-c1ccccc1)B3c1ccc([Si](C)(C)C)cc1N2c1ccc(C(C)(C)C)cc1. The van der Waals surface area contributed by atoms with Crippen LogP contribution in [0.3, 0.4) is 0 Å². The summed E-state index contributed by atoms with van der Waals surface area (Å²) >= 11 is 0. The summed E-state index contributed by atoms with van der Waals surface area (Å²) in [5.74, 6) is 1.19. The third-order valence-electron chi connectivity index (χ3n) is 15.3. The summed E-state index contributed by atoms with van der Waals surface area (Å²) in [7, 11) is -1.76. The summed E-state index contributed by atoms with van der Waals surface area (Å²) in [6.45, 7) is 30.6. The molecule has 71 heavy (non-hydrogen) atoms. The predicted octanol–water partition coefficient (Wildman–Crippen LogP) is 15.8. The van der Waals surface area contributed by atoms with E-state index in [-0.39, 0.29) is 23.0 Å². The van der Waals surface area contributed by atoms with Gasteiger partial charge in [0.25, 0.3) is 6.71 Å². The van der Waals surface area contributed by atoms with Crippen molar-refractivity contribution in [3.63, 3.8) is 0 Å². The minimum Gasteiger partial charge on any atom is -0.311 e. The molecule has 2 aliphatic heterocycles. The van der Waals surface area contributed by atoms with Crippen LogP contribution in [0.1, 0.15) is 84.6 Å². The first-order chi connectivity index (χ1) is 33.7. The molecule has 11 rings (SSSR count). The molecule has 8 aromatic carbocycles. The second-order valence-corrected chi connectivity index (χ2v) is 29.5. The minimum absolute atomic E-state index is 0.0348. The fraction of sp³-hybridized carbons (Fsp3) is 0.242. The van der Waals surface area contributed by atoms with Gasteiger partial charge in [0, 0.05) is 33.9 Å². The van der Waals surface area contributed by atoms with Crippen molar-refractivity contribution in [2.24, 2.45) is 0 Å². The Morgan fingerprint density at radius 3 is 1.59 bits per heavy atom. The normalized spacial score (nSPS) is 13.6. The zero-order valence-electron chi connectivity index (χ0n) is 44.2. The molecule has 0 radical (unpaired) electrons. The number of rotatable bonds is 6. The van der Waals surface area contributed by atoms with Gasteiger partial charge < -0.3 is 4.90 Å². The zero-order chi connectivity index (χ0) is 49.9. The van der Waals surface area contributed by atoms with E-state index >= 15 is 0 Å². The molecule has 354 valence electrons. The van der Waals surface area contributed by atoms with E-state index in [1.54, 1.807) is 0 Å². The molecule has 0 fully saturated rings. The van der Waals surface area contributed by atoms with E-state index in [0.717, 1.165) is 11.4 Å². The number of fused-ring (bicyclic) bond motifs is 6. The largest absolute Gasteiger partial charge is 0.311 e. The molecule has 5 heteroatoms. The van der Waals surface area contributed by atoms with Gasteiger partial charge in [-0.05, 0) is 133 Å². The lowest BCUT2D eigenvalue weighted by molar-refractivity contribution is 0.590. The lowest BCUT2D eigenvalue weighted by atomic mass is 9.33. The maximum atomic E-state index is 2.67. The quantitative estimate of drug-likeness (QED) is 0.154. The predicted molar refractivity (Wildman–Crippen MR) is 312 cm³/mol. The Balaban J connectivity index is 1.34. The van der Waals surface area contributed by atoms with Gasteiger partial charge in [0.15, 0.2) is 0 Å². The maximum Gasteiger partial charge on any atom is 0.255 e. The van der Waals surface area contributed by atoms with Gasteiger partial charge in [0.2, 0.25) is 0 Å². The molecule has 0 aliphatic carbocycles. The molecule has 0 unspecified atom stereocenters. The molecule has 9 aromatic rings. The van der Waals surface area contributed by atoms with Crippen molar-refractivity contribution in [2.45, 2.75) is 105 Å². The van der Waals surface area contributed by atoms with Crippen LogP contribution in [0.15, 0.2) is 176 Å². The molecule has 1 aromatic heterocycles. The zero-order valence-corrected chi connectivity index (χ0v) is 45.2. The molecule has 0 N–H and O–H groups in total. The van der Waals surface area contributed by atoms with Crippen molar-refractivity contribution >= 4 is 81.5 Å². The maximum absolute atomic E-state index is 2.67. The fourth-order valence-electron chi connectivity index (χ4n) is 11.3. The number of aromatic nitrogens is 1. The van der Waals surface area contributed by atoms with E-state index in [9.17, 15) is 0 Å². The Morgan fingerprint density at radius 1 is 0.423 bits per heavy atom. The number of benzene rings is 8. The van der Waals surface area contributed by atoms with Gasteiger partial charge in [-0.25, -0.2) is 0 Å². The first-order valence-electron chi connectivity index (χ1n) is 25.7. The van der Waals surface area contributed by atoms with Crippen molar-refractivity contribution in [1.82, 2.24) is 4.57 Å². The van der Waals surface area contributed by atoms with E-state index in [1.807, 2.05) is 0 Å². The van der Waals surface area contributed by atoms with Crippen LogP contribution in [0.2, 0.25) is 19.6 Å². The first-order valence-corrected chi connectivity index (χ1v) is 29.2. The van der Waals surface area contributed by atoms with Crippen LogP contribution >= 0.6 is 0 Å². The smallest absolute Gasteiger partial charge is 0.255 e. The summed E-state index contributed by atoms with van der Waals surface area (Å²) in [5.41, 5.74) is 22.4. The minimum atomic E-state index is -1.76. The molecule has 2 aliphatic rings. The lowest BCUT2D eigenvalue weighted by Gasteiger charge is -2.44. The average molecular weight is 942 g/mol. The van der Waals surface area contributed by atoms with Crippen LogP contribution in [0.5, 0.6) is 0 Å². The second kappa shape index (κ2) is 16.6. The topological polar surface area (TPSA) is 11.4 Å². The van der Waals surface area contributed by atoms with Gasteiger partial charge >= 0.3 is 0 Å². The van der Waals surface area contributed by atoms with E-state index in [0.29, 0.717) is 0 Å². The number of aryl methyl sites for hydroxylation is 1. The second-order valence-electron chi connectivity index (χ2n) is 24.4. The summed E-state index contributed by atoms with van der Waals surface area (Å²) in [5, 5.41) is 2.74. The van der Waals surface area contributed by atoms with Gasteiger partial charge in [0.05, 0.1) is 25.0 Å². The third kappa shape index (κ3) is 7.89. The van der Waals surface area contributed by atoms with Crippen molar-refractivity contribution in [1.29, 1.82) is 0 Å². The van der Waals surface area contributed by atoms with Gasteiger partial charge in [-0.3, -0.25) is 9.47 Å². The van der Waals surface area contributed by atoms with Crippen LogP contribution in [0.4, 0.5) is 34.3 Å². The van der Waals surface area contributed by atoms with Crippen LogP contribution in [0, 0.1) is 6.92 Å². The molecule has 0 spiro atoms. The fourth-order valence-corrected chi connectivity index (χ4v) is 12.4. The molecule has 0 saturated carbocycles. The molecule has 3 nitrogen and oxygen atoms in total. The summed E-state index contributed by atoms with van der Waals surface area (Å²) in [6, 6.07) is 67.7. The Labute approximate surface area is 424 Å². The number of hydrogen-bond acceptors (Lipinski definition) is 2. The standard InChI is InChI=1S/C66H68BN3Si/c1-43-38-59-62-60(39-43)70(56-37-31-47(65(5,6)7)40-53(56)45-24-18-15-19-25-45)63-61(67(62)54-36-34-50(71(11,12)13)42-58(54)68(59)49-32-28-46(29-33-49)64(2,3)4)52-35-30-48(66(8,9)10)41-57(52)69(63)55-27-21-20-26-51(55)44-22-16-14-17-23-44/h14-42H,1-13H3. The summed E-state index contributed by atoms with van der Waals surface area (Å²) < 4.78 is 2.65. The molecular formula is C66H68BN3Si. The highest BCUT2D eigenvalue weighted by molar-refractivity contribution is 7.02. The monoisotopic (exact) mass is 942 g/mol. The molecule has 0 saturated heterocycles. The highest BCUT2D eigenvalue weighted by Gasteiger charge is 2.47. The molecule has 3 heterocycles. The van der Waals surface area contributed by atoms with Crippen LogP contribution in [-0.4, -0.2) is 19.4 Å². The van der Waals surface area contributed by atoms with E-state index in [4.69, 9.17) is 0 Å². The average Bonchev–Trinajstić information content (AvgIpc) is 3.67. The Hall–Kier alpha value is -6.82. The number of hydrogen-bond donors (Lipinski definition) is 0. The van der Waals surface area contributed by atoms with Gasteiger partial charge in [0.1, 0.15) is 5.82 Å². The molecule has 0 bridgehead atoms. The molecule has 0 atom stereocenters. The highest BCUT2D eigenvalue weighted by Crippen LogP contribution is 2.51. The highest BCUT2D eigenvalue weighted by atomic mass is 28.3. The van der Waals surface area contributed by atoms with Crippen LogP contribution in [-0.2, 0) is 16.2 Å². The van der Waals surface area contributed by atoms with Crippen LogP contribution in [0.25, 0.3) is 38.8 Å². The molecule has 0 amide bonds. The van der Waals surface area contributed by atoms with E-state index < -0.39 is 8.07 Å². The Kier molecular flexibility index (Phi) is 10.9. The Bertz CT molecular complexity index is 3520. The number of anilines is 6. The number of nitrogens with zero attached hydrogens (tertiary/aromatic N) is 3. The van der Waals surface area contributed by atoms with E-state index in [2.05, 4.69) is 279 Å². The Morgan fingerprint density at radius 2 is 0.972 bits per heavy atom. The van der Waals surface area contributed by atoms with E-state index in [1.165, 1.54) is 106 Å².